The first-order chi connectivity index (χ1) is 10.6. The average Bonchev–Trinajstić information content (AvgIpc) is 2.49. The average molecular weight is 344 g/mol. The highest BCUT2D eigenvalue weighted by Crippen LogP contribution is 2.29. The molecular weight excluding hydrogens is 321 g/mol. The van der Waals surface area contributed by atoms with Crippen molar-refractivity contribution in [2.24, 2.45) is 0 Å². The number of piperidine rings is 1. The summed E-state index contributed by atoms with van der Waals surface area (Å²) in [6, 6.07) is 5.51. The lowest BCUT2D eigenvalue weighted by atomic mass is 10.0. The van der Waals surface area contributed by atoms with Gasteiger partial charge in [-0.1, -0.05) is 35.7 Å². The molecule has 2 N–H and O–H groups in total. The normalized spacial score (nSPS) is 19.0. The molecule has 1 aliphatic rings. The minimum absolute atomic E-state index is 0.276. The number of rotatable bonds is 5. The van der Waals surface area contributed by atoms with Crippen LogP contribution in [0, 0.1) is 0 Å². The predicted octanol–water partition coefficient (Wildman–Crippen LogP) is 4.38. The predicted molar refractivity (Wildman–Crippen MR) is 93.0 cm³/mol. The Bertz CT molecular complexity index is 490. The molecule has 22 heavy (non-hydrogen) atoms. The smallest absolute Gasteiger partial charge is 0.319 e. The van der Waals surface area contributed by atoms with E-state index in [1.54, 1.807) is 18.2 Å². The molecule has 2 amide bonds. The van der Waals surface area contributed by atoms with Crippen LogP contribution in [0.4, 0.5) is 10.5 Å². The van der Waals surface area contributed by atoms with Gasteiger partial charge in [0.2, 0.25) is 0 Å². The molecule has 1 heterocycles. The SMILES string of the molecule is C[C@H]1CCCCN1CCCNC(=O)Nc1c(Cl)cccc1Cl. The lowest BCUT2D eigenvalue weighted by molar-refractivity contribution is 0.159. The van der Waals surface area contributed by atoms with E-state index >= 15 is 0 Å². The van der Waals surface area contributed by atoms with Crippen molar-refractivity contribution in [2.75, 3.05) is 25.0 Å². The Morgan fingerprint density at radius 3 is 2.73 bits per heavy atom. The maximum absolute atomic E-state index is 11.9. The van der Waals surface area contributed by atoms with Gasteiger partial charge in [-0.25, -0.2) is 4.79 Å². The minimum Gasteiger partial charge on any atom is -0.338 e. The van der Waals surface area contributed by atoms with Crippen LogP contribution in [0.15, 0.2) is 18.2 Å². The molecule has 6 heteroatoms. The molecule has 1 saturated heterocycles. The van der Waals surface area contributed by atoms with E-state index in [2.05, 4.69) is 22.5 Å². The number of anilines is 1. The number of nitrogens with zero attached hydrogens (tertiary/aromatic N) is 1. The molecule has 2 rings (SSSR count). The molecule has 0 aliphatic carbocycles. The number of halogens is 2. The third kappa shape index (κ3) is 5.04. The number of likely N-dealkylation sites (tertiary alicyclic amines) is 1. The largest absolute Gasteiger partial charge is 0.338 e. The molecule has 122 valence electrons. The third-order valence-corrected chi connectivity index (χ3v) is 4.68. The topological polar surface area (TPSA) is 44.4 Å². The fraction of sp³-hybridized carbons (Fsp3) is 0.562. The maximum Gasteiger partial charge on any atom is 0.319 e. The number of carbonyl (C=O) groups excluding carboxylic acids is 1. The Labute approximate surface area is 142 Å². The van der Waals surface area contributed by atoms with Crippen LogP contribution in [0.5, 0.6) is 0 Å². The summed E-state index contributed by atoms with van der Waals surface area (Å²) in [5, 5.41) is 6.41. The lowest BCUT2D eigenvalue weighted by Gasteiger charge is -2.33. The zero-order chi connectivity index (χ0) is 15.9. The van der Waals surface area contributed by atoms with Crippen molar-refractivity contribution in [1.29, 1.82) is 0 Å². The first kappa shape index (κ1) is 17.4. The van der Waals surface area contributed by atoms with Gasteiger partial charge in [0.25, 0.3) is 0 Å². The molecule has 1 aliphatic heterocycles. The lowest BCUT2D eigenvalue weighted by Crippen LogP contribution is -2.39. The summed E-state index contributed by atoms with van der Waals surface area (Å²) in [5.74, 6) is 0. The molecule has 0 bridgehead atoms. The Morgan fingerprint density at radius 1 is 1.32 bits per heavy atom. The zero-order valence-corrected chi connectivity index (χ0v) is 14.4. The molecule has 0 spiro atoms. The summed E-state index contributed by atoms with van der Waals surface area (Å²) >= 11 is 12.0. The molecule has 0 radical (unpaired) electrons. The summed E-state index contributed by atoms with van der Waals surface area (Å²) in [6.07, 6.45) is 4.83. The van der Waals surface area contributed by atoms with Crippen molar-refractivity contribution in [1.82, 2.24) is 10.2 Å². The van der Waals surface area contributed by atoms with Crippen LogP contribution in [0.1, 0.15) is 32.6 Å². The minimum atomic E-state index is -0.276. The number of nitrogens with one attached hydrogen (secondary N) is 2. The van der Waals surface area contributed by atoms with Gasteiger partial charge in [0, 0.05) is 19.1 Å². The van der Waals surface area contributed by atoms with Gasteiger partial charge in [0.05, 0.1) is 15.7 Å². The Balaban J connectivity index is 1.70. The quantitative estimate of drug-likeness (QED) is 0.779. The second-order valence-electron chi connectivity index (χ2n) is 5.71. The highest BCUT2D eigenvalue weighted by atomic mass is 35.5. The molecular formula is C16H23Cl2N3O. The van der Waals surface area contributed by atoms with E-state index in [-0.39, 0.29) is 6.03 Å². The molecule has 1 aromatic rings. The number of amides is 2. The van der Waals surface area contributed by atoms with Crippen LogP contribution in [0.3, 0.4) is 0 Å². The van der Waals surface area contributed by atoms with E-state index in [1.165, 1.54) is 25.8 Å². The van der Waals surface area contributed by atoms with Gasteiger partial charge in [-0.3, -0.25) is 0 Å². The van der Waals surface area contributed by atoms with E-state index in [9.17, 15) is 4.79 Å². The number of benzene rings is 1. The van der Waals surface area contributed by atoms with Crippen molar-refractivity contribution in [3.8, 4) is 0 Å². The van der Waals surface area contributed by atoms with Gasteiger partial charge in [0.1, 0.15) is 0 Å². The second-order valence-corrected chi connectivity index (χ2v) is 6.53. The Morgan fingerprint density at radius 2 is 2.05 bits per heavy atom. The summed E-state index contributed by atoms with van der Waals surface area (Å²) in [6.45, 7) is 5.10. The van der Waals surface area contributed by atoms with Gasteiger partial charge in [-0.15, -0.1) is 0 Å². The molecule has 1 atom stereocenters. The molecule has 0 saturated carbocycles. The van der Waals surface area contributed by atoms with Crippen LogP contribution in [0.25, 0.3) is 0 Å². The number of hydrogen-bond acceptors (Lipinski definition) is 2. The van der Waals surface area contributed by atoms with E-state index < -0.39 is 0 Å². The zero-order valence-electron chi connectivity index (χ0n) is 12.9. The second kappa shape index (κ2) is 8.61. The number of carbonyl (C=O) groups is 1. The van der Waals surface area contributed by atoms with Crippen LogP contribution in [-0.4, -0.2) is 36.6 Å². The maximum atomic E-state index is 11.9. The van der Waals surface area contributed by atoms with Crippen molar-refractivity contribution < 1.29 is 4.79 Å². The Kier molecular flexibility index (Phi) is 6.80. The van der Waals surface area contributed by atoms with E-state index in [0.717, 1.165) is 13.0 Å². The van der Waals surface area contributed by atoms with Crippen LogP contribution >= 0.6 is 23.2 Å². The first-order valence-electron chi connectivity index (χ1n) is 7.81. The summed E-state index contributed by atoms with van der Waals surface area (Å²) < 4.78 is 0. The number of para-hydroxylation sites is 1. The van der Waals surface area contributed by atoms with Crippen LogP contribution < -0.4 is 10.6 Å². The molecule has 1 fully saturated rings. The monoisotopic (exact) mass is 343 g/mol. The summed E-state index contributed by atoms with van der Waals surface area (Å²) in [4.78, 5) is 14.4. The fourth-order valence-corrected chi connectivity index (χ4v) is 3.24. The van der Waals surface area contributed by atoms with Crippen molar-refractivity contribution in [3.05, 3.63) is 28.2 Å². The molecule has 0 aromatic heterocycles. The summed E-state index contributed by atoms with van der Waals surface area (Å²) in [7, 11) is 0. The van der Waals surface area contributed by atoms with E-state index in [1.807, 2.05) is 0 Å². The number of hydrogen-bond donors (Lipinski definition) is 2. The fourth-order valence-electron chi connectivity index (χ4n) is 2.75. The first-order valence-corrected chi connectivity index (χ1v) is 8.56. The molecule has 1 aromatic carbocycles. The molecule has 4 nitrogen and oxygen atoms in total. The summed E-state index contributed by atoms with van der Waals surface area (Å²) in [5.41, 5.74) is 0.452. The van der Waals surface area contributed by atoms with Crippen LogP contribution in [-0.2, 0) is 0 Å². The van der Waals surface area contributed by atoms with Gasteiger partial charge < -0.3 is 15.5 Å². The highest BCUT2D eigenvalue weighted by molar-refractivity contribution is 6.39. The van der Waals surface area contributed by atoms with Gasteiger partial charge in [-0.2, -0.15) is 0 Å². The Hall–Kier alpha value is -0.970. The molecule has 0 unspecified atom stereocenters. The van der Waals surface area contributed by atoms with E-state index in [0.29, 0.717) is 28.3 Å². The van der Waals surface area contributed by atoms with Crippen molar-refractivity contribution >= 4 is 34.9 Å². The van der Waals surface area contributed by atoms with Gasteiger partial charge in [0.15, 0.2) is 0 Å². The third-order valence-electron chi connectivity index (χ3n) is 4.05. The number of urea groups is 1. The van der Waals surface area contributed by atoms with Gasteiger partial charge in [-0.05, 0) is 44.9 Å². The highest BCUT2D eigenvalue weighted by Gasteiger charge is 2.17. The van der Waals surface area contributed by atoms with E-state index in [4.69, 9.17) is 23.2 Å². The van der Waals surface area contributed by atoms with Crippen LogP contribution in [0.2, 0.25) is 10.0 Å². The van der Waals surface area contributed by atoms with Crippen molar-refractivity contribution in [3.63, 3.8) is 0 Å². The van der Waals surface area contributed by atoms with Crippen molar-refractivity contribution in [2.45, 2.75) is 38.6 Å². The van der Waals surface area contributed by atoms with Gasteiger partial charge >= 0.3 is 6.03 Å². The standard InChI is InChI=1S/C16H23Cl2N3O/c1-12-6-2-3-10-21(12)11-5-9-19-16(22)20-15-13(17)7-4-8-14(15)18/h4,7-8,12H,2-3,5-6,9-11H2,1H3,(H2,19,20,22)/t12-/m0/s1.